The standard InChI is InChI=1S/C24H30FN3O/c25-22-11-4-5-12-23(22)28-15-13-27(14-16-28)18-19-7-6-8-20(17-19)24(29)26-21-9-2-1-3-10-21/h4-8,11-12,17,21H,1-3,9-10,13-16,18H2,(H,26,29). The molecular formula is C24H30FN3O. The van der Waals surface area contributed by atoms with Gasteiger partial charge in [-0.2, -0.15) is 0 Å². The molecule has 4 rings (SSSR count). The summed E-state index contributed by atoms with van der Waals surface area (Å²) in [6, 6.07) is 15.3. The fourth-order valence-electron chi connectivity index (χ4n) is 4.44. The lowest BCUT2D eigenvalue weighted by molar-refractivity contribution is 0.0927. The number of rotatable bonds is 5. The van der Waals surface area contributed by atoms with Gasteiger partial charge >= 0.3 is 0 Å². The summed E-state index contributed by atoms with van der Waals surface area (Å²) < 4.78 is 14.0. The van der Waals surface area contributed by atoms with Crippen LogP contribution in [0.5, 0.6) is 0 Å². The maximum atomic E-state index is 14.0. The Balaban J connectivity index is 1.31. The van der Waals surface area contributed by atoms with Crippen LogP contribution in [0.1, 0.15) is 48.0 Å². The summed E-state index contributed by atoms with van der Waals surface area (Å²) in [7, 11) is 0. The van der Waals surface area contributed by atoms with Gasteiger partial charge in [-0.25, -0.2) is 4.39 Å². The molecule has 2 aliphatic rings. The minimum atomic E-state index is -0.155. The van der Waals surface area contributed by atoms with Crippen molar-refractivity contribution in [3.63, 3.8) is 0 Å². The van der Waals surface area contributed by atoms with E-state index in [0.717, 1.165) is 56.7 Å². The van der Waals surface area contributed by atoms with Gasteiger partial charge in [-0.15, -0.1) is 0 Å². The summed E-state index contributed by atoms with van der Waals surface area (Å²) in [5.41, 5.74) is 2.59. The zero-order valence-corrected chi connectivity index (χ0v) is 16.9. The maximum absolute atomic E-state index is 14.0. The van der Waals surface area contributed by atoms with Gasteiger partial charge in [0.05, 0.1) is 5.69 Å². The summed E-state index contributed by atoms with van der Waals surface area (Å²) >= 11 is 0. The Kier molecular flexibility index (Phi) is 6.45. The Morgan fingerprint density at radius 2 is 1.72 bits per heavy atom. The second-order valence-corrected chi connectivity index (χ2v) is 8.22. The van der Waals surface area contributed by atoms with Crippen molar-refractivity contribution in [1.82, 2.24) is 10.2 Å². The van der Waals surface area contributed by atoms with E-state index >= 15 is 0 Å². The zero-order valence-electron chi connectivity index (χ0n) is 16.9. The number of carbonyl (C=O) groups is 1. The highest BCUT2D eigenvalue weighted by atomic mass is 19.1. The molecule has 154 valence electrons. The number of hydrogen-bond donors (Lipinski definition) is 1. The van der Waals surface area contributed by atoms with Crippen LogP contribution >= 0.6 is 0 Å². The fraction of sp³-hybridized carbons (Fsp3) is 0.458. The van der Waals surface area contributed by atoms with E-state index in [1.807, 2.05) is 30.3 Å². The average Bonchev–Trinajstić information content (AvgIpc) is 2.76. The van der Waals surface area contributed by atoms with E-state index in [0.29, 0.717) is 11.7 Å². The minimum absolute atomic E-state index is 0.0446. The van der Waals surface area contributed by atoms with E-state index in [-0.39, 0.29) is 11.7 Å². The Morgan fingerprint density at radius 3 is 2.48 bits per heavy atom. The number of carbonyl (C=O) groups excluding carboxylic acids is 1. The lowest BCUT2D eigenvalue weighted by Gasteiger charge is -2.36. The van der Waals surface area contributed by atoms with Crippen LogP contribution in [0.25, 0.3) is 0 Å². The molecule has 4 nitrogen and oxygen atoms in total. The lowest BCUT2D eigenvalue weighted by atomic mass is 9.95. The monoisotopic (exact) mass is 395 g/mol. The van der Waals surface area contributed by atoms with Gasteiger partial charge in [-0.1, -0.05) is 43.5 Å². The molecule has 0 aromatic heterocycles. The Bertz CT molecular complexity index is 826. The van der Waals surface area contributed by atoms with E-state index in [9.17, 15) is 9.18 Å². The molecule has 1 saturated carbocycles. The topological polar surface area (TPSA) is 35.6 Å². The van der Waals surface area contributed by atoms with Crippen molar-refractivity contribution in [2.75, 3.05) is 31.1 Å². The predicted molar refractivity (Wildman–Crippen MR) is 115 cm³/mol. The number of nitrogens with one attached hydrogen (secondary N) is 1. The summed E-state index contributed by atoms with van der Waals surface area (Å²) in [5, 5.41) is 3.20. The number of hydrogen-bond acceptors (Lipinski definition) is 3. The van der Waals surface area contributed by atoms with Crippen molar-refractivity contribution < 1.29 is 9.18 Å². The number of amides is 1. The van der Waals surface area contributed by atoms with E-state index in [1.54, 1.807) is 6.07 Å². The smallest absolute Gasteiger partial charge is 0.251 e. The molecule has 0 unspecified atom stereocenters. The third-order valence-corrected chi connectivity index (χ3v) is 6.10. The molecule has 2 aromatic carbocycles. The number of piperazine rings is 1. The molecule has 1 aliphatic carbocycles. The Morgan fingerprint density at radius 1 is 0.966 bits per heavy atom. The number of anilines is 1. The lowest BCUT2D eigenvalue weighted by Crippen LogP contribution is -2.46. The molecule has 1 amide bonds. The first-order chi connectivity index (χ1) is 14.2. The normalized spacial score (nSPS) is 18.6. The van der Waals surface area contributed by atoms with E-state index < -0.39 is 0 Å². The first-order valence-electron chi connectivity index (χ1n) is 10.8. The van der Waals surface area contributed by atoms with Crippen LogP contribution in [0.4, 0.5) is 10.1 Å². The summed E-state index contributed by atoms with van der Waals surface area (Å²) in [6.45, 7) is 4.20. The second-order valence-electron chi connectivity index (χ2n) is 8.22. The average molecular weight is 396 g/mol. The predicted octanol–water partition coefficient (Wildman–Crippen LogP) is 4.21. The van der Waals surface area contributed by atoms with Gasteiger partial charge in [-0.05, 0) is 42.7 Å². The fourth-order valence-corrected chi connectivity index (χ4v) is 4.44. The summed E-state index contributed by atoms with van der Waals surface area (Å²) in [6.07, 6.45) is 5.90. The van der Waals surface area contributed by atoms with E-state index in [4.69, 9.17) is 0 Å². The molecule has 0 bridgehead atoms. The van der Waals surface area contributed by atoms with Gasteiger partial charge in [-0.3, -0.25) is 9.69 Å². The molecule has 1 heterocycles. The van der Waals surface area contributed by atoms with Crippen LogP contribution in [0.15, 0.2) is 48.5 Å². The molecule has 5 heteroatoms. The van der Waals surface area contributed by atoms with E-state index in [2.05, 4.69) is 21.2 Å². The first kappa shape index (κ1) is 19.9. The SMILES string of the molecule is O=C(NC1CCCCC1)c1cccc(CN2CCN(c3ccccc3F)CC2)c1. The van der Waals surface area contributed by atoms with Gasteiger partial charge < -0.3 is 10.2 Å². The summed E-state index contributed by atoms with van der Waals surface area (Å²) in [4.78, 5) is 17.1. The highest BCUT2D eigenvalue weighted by Gasteiger charge is 2.20. The molecule has 1 aliphatic heterocycles. The zero-order chi connectivity index (χ0) is 20.1. The van der Waals surface area contributed by atoms with Crippen molar-refractivity contribution >= 4 is 11.6 Å². The van der Waals surface area contributed by atoms with Crippen molar-refractivity contribution in [2.24, 2.45) is 0 Å². The Hall–Kier alpha value is -2.40. The molecular weight excluding hydrogens is 365 g/mol. The van der Waals surface area contributed by atoms with Crippen molar-refractivity contribution in [3.05, 3.63) is 65.5 Å². The number of para-hydroxylation sites is 1. The molecule has 2 fully saturated rings. The number of halogens is 1. The molecule has 1 saturated heterocycles. The number of nitrogens with zero attached hydrogens (tertiary/aromatic N) is 2. The van der Waals surface area contributed by atoms with Crippen LogP contribution in [-0.2, 0) is 6.54 Å². The number of benzene rings is 2. The molecule has 0 atom stereocenters. The van der Waals surface area contributed by atoms with Crippen molar-refractivity contribution in [1.29, 1.82) is 0 Å². The van der Waals surface area contributed by atoms with Crippen LogP contribution in [0, 0.1) is 5.82 Å². The van der Waals surface area contributed by atoms with Gasteiger partial charge in [0.15, 0.2) is 0 Å². The van der Waals surface area contributed by atoms with Crippen molar-refractivity contribution in [3.8, 4) is 0 Å². The third-order valence-electron chi connectivity index (χ3n) is 6.10. The second kappa shape index (κ2) is 9.40. The Labute approximate surface area is 172 Å². The molecule has 1 N–H and O–H groups in total. The van der Waals surface area contributed by atoms with Crippen molar-refractivity contribution in [2.45, 2.75) is 44.7 Å². The molecule has 0 spiro atoms. The molecule has 2 aromatic rings. The quantitative estimate of drug-likeness (QED) is 0.824. The van der Waals surface area contributed by atoms with Crippen LogP contribution < -0.4 is 10.2 Å². The molecule has 29 heavy (non-hydrogen) atoms. The van der Waals surface area contributed by atoms with Gasteiger partial charge in [0.2, 0.25) is 0 Å². The van der Waals surface area contributed by atoms with E-state index in [1.165, 1.54) is 25.3 Å². The summed E-state index contributed by atoms with van der Waals surface area (Å²) in [5.74, 6) is -0.110. The highest BCUT2D eigenvalue weighted by molar-refractivity contribution is 5.94. The van der Waals surface area contributed by atoms with Crippen LogP contribution in [0.2, 0.25) is 0 Å². The van der Waals surface area contributed by atoms with Crippen LogP contribution in [-0.4, -0.2) is 43.0 Å². The van der Waals surface area contributed by atoms with Gasteiger partial charge in [0.25, 0.3) is 5.91 Å². The van der Waals surface area contributed by atoms with Gasteiger partial charge in [0.1, 0.15) is 5.82 Å². The minimum Gasteiger partial charge on any atom is -0.367 e. The first-order valence-corrected chi connectivity index (χ1v) is 10.8. The van der Waals surface area contributed by atoms with Gasteiger partial charge in [0, 0.05) is 44.3 Å². The third kappa shape index (κ3) is 5.15. The molecule has 0 radical (unpaired) electrons. The highest BCUT2D eigenvalue weighted by Crippen LogP contribution is 2.21. The maximum Gasteiger partial charge on any atom is 0.251 e. The largest absolute Gasteiger partial charge is 0.367 e. The van der Waals surface area contributed by atoms with Crippen LogP contribution in [0.3, 0.4) is 0 Å².